The molecule has 1 N–H and O–H groups in total. The average molecular weight is 382 g/mol. The van der Waals surface area contributed by atoms with Crippen LogP contribution in [0.5, 0.6) is 5.75 Å². The SMILES string of the molecule is CCCCCOc1ccc(N2C(=O)CS[C@@]23C(=O)Nc2ccccc23)cc1. The number of thioether (sulfide) groups is 1. The molecular weight excluding hydrogens is 360 g/mol. The van der Waals surface area contributed by atoms with E-state index in [0.717, 1.165) is 36.3 Å². The van der Waals surface area contributed by atoms with Crippen LogP contribution in [0.3, 0.4) is 0 Å². The molecular formula is C21H22N2O3S. The number of nitrogens with zero attached hydrogens (tertiary/aromatic N) is 1. The standard InChI is InChI=1S/C21H22N2O3S/c1-2-3-6-13-26-16-11-9-15(10-12-16)23-19(24)14-27-21(23)17-7-4-5-8-18(17)22-20(21)25/h4-5,7-12H,2-3,6,13-14H2,1H3,(H,22,25)/t21-/m0/s1. The number of anilines is 2. The van der Waals surface area contributed by atoms with Gasteiger partial charge in [-0.15, -0.1) is 11.8 Å². The average Bonchev–Trinajstić information content (AvgIpc) is 3.18. The Morgan fingerprint density at radius 1 is 1.11 bits per heavy atom. The van der Waals surface area contributed by atoms with Crippen molar-refractivity contribution in [2.45, 2.75) is 31.1 Å². The molecule has 1 spiro atoms. The van der Waals surface area contributed by atoms with Crippen molar-refractivity contribution in [2.75, 3.05) is 22.6 Å². The zero-order valence-electron chi connectivity index (χ0n) is 15.2. The Hall–Kier alpha value is -2.47. The second-order valence-electron chi connectivity index (χ2n) is 6.71. The first-order valence-corrected chi connectivity index (χ1v) is 10.3. The van der Waals surface area contributed by atoms with Gasteiger partial charge in [-0.3, -0.25) is 14.5 Å². The summed E-state index contributed by atoms with van der Waals surface area (Å²) in [5.41, 5.74) is 2.31. The Bertz CT molecular complexity index is 868. The van der Waals surface area contributed by atoms with Crippen molar-refractivity contribution in [3.8, 4) is 5.75 Å². The van der Waals surface area contributed by atoms with E-state index in [1.165, 1.54) is 11.8 Å². The number of para-hydroxylation sites is 1. The number of benzene rings is 2. The van der Waals surface area contributed by atoms with Crippen molar-refractivity contribution in [3.63, 3.8) is 0 Å². The van der Waals surface area contributed by atoms with Crippen LogP contribution in [0.2, 0.25) is 0 Å². The number of nitrogens with one attached hydrogen (secondary N) is 1. The maximum atomic E-state index is 12.9. The first-order chi connectivity index (χ1) is 13.2. The van der Waals surface area contributed by atoms with Crippen LogP contribution in [0.15, 0.2) is 48.5 Å². The van der Waals surface area contributed by atoms with Crippen molar-refractivity contribution in [3.05, 3.63) is 54.1 Å². The maximum Gasteiger partial charge on any atom is 0.266 e. The molecule has 2 aromatic rings. The third kappa shape index (κ3) is 2.98. The van der Waals surface area contributed by atoms with Crippen molar-refractivity contribution < 1.29 is 14.3 Å². The summed E-state index contributed by atoms with van der Waals surface area (Å²) in [6.07, 6.45) is 3.33. The molecule has 2 heterocycles. The Morgan fingerprint density at radius 3 is 2.67 bits per heavy atom. The quantitative estimate of drug-likeness (QED) is 0.763. The summed E-state index contributed by atoms with van der Waals surface area (Å²) in [4.78, 5) is 26.2. The molecule has 1 fully saturated rings. The van der Waals surface area contributed by atoms with Gasteiger partial charge in [-0.1, -0.05) is 38.0 Å². The topological polar surface area (TPSA) is 58.6 Å². The molecule has 6 heteroatoms. The van der Waals surface area contributed by atoms with Gasteiger partial charge in [0.05, 0.1) is 12.4 Å². The molecule has 0 bridgehead atoms. The van der Waals surface area contributed by atoms with E-state index in [0.29, 0.717) is 12.3 Å². The molecule has 2 amide bonds. The van der Waals surface area contributed by atoms with Crippen LogP contribution in [0.4, 0.5) is 11.4 Å². The second kappa shape index (κ2) is 7.27. The lowest BCUT2D eigenvalue weighted by Crippen LogP contribution is -2.47. The first-order valence-electron chi connectivity index (χ1n) is 9.27. The van der Waals surface area contributed by atoms with Gasteiger partial charge in [0.2, 0.25) is 10.8 Å². The van der Waals surface area contributed by atoms with Gasteiger partial charge in [0, 0.05) is 16.9 Å². The van der Waals surface area contributed by atoms with E-state index < -0.39 is 4.87 Å². The lowest BCUT2D eigenvalue weighted by Gasteiger charge is -2.32. The fraction of sp³-hybridized carbons (Fsp3) is 0.333. The highest BCUT2D eigenvalue weighted by molar-refractivity contribution is 8.02. The van der Waals surface area contributed by atoms with Gasteiger partial charge in [0.15, 0.2) is 0 Å². The molecule has 2 aromatic carbocycles. The number of carbonyl (C=O) groups is 2. The monoisotopic (exact) mass is 382 g/mol. The van der Waals surface area contributed by atoms with Crippen molar-refractivity contribution in [1.29, 1.82) is 0 Å². The molecule has 140 valence electrons. The van der Waals surface area contributed by atoms with E-state index in [1.54, 1.807) is 4.90 Å². The lowest BCUT2D eigenvalue weighted by atomic mass is 10.0. The molecule has 5 nitrogen and oxygen atoms in total. The number of carbonyl (C=O) groups excluding carboxylic acids is 2. The predicted molar refractivity (Wildman–Crippen MR) is 108 cm³/mol. The summed E-state index contributed by atoms with van der Waals surface area (Å²) in [7, 11) is 0. The molecule has 27 heavy (non-hydrogen) atoms. The third-order valence-corrected chi connectivity index (χ3v) is 6.33. The van der Waals surface area contributed by atoms with Crippen molar-refractivity contribution >= 4 is 35.0 Å². The number of hydrogen-bond donors (Lipinski definition) is 1. The number of rotatable bonds is 6. The van der Waals surface area contributed by atoms with Crippen LogP contribution in [-0.2, 0) is 14.5 Å². The molecule has 2 aliphatic heterocycles. The van der Waals surface area contributed by atoms with E-state index in [2.05, 4.69) is 12.2 Å². The van der Waals surface area contributed by atoms with Gasteiger partial charge < -0.3 is 10.1 Å². The summed E-state index contributed by atoms with van der Waals surface area (Å²) in [5.74, 6) is 0.819. The lowest BCUT2D eigenvalue weighted by molar-refractivity contribution is -0.122. The fourth-order valence-electron chi connectivity index (χ4n) is 3.61. The van der Waals surface area contributed by atoms with E-state index >= 15 is 0 Å². The summed E-state index contributed by atoms with van der Waals surface area (Å²) in [6, 6.07) is 15.0. The summed E-state index contributed by atoms with van der Waals surface area (Å²) in [5, 5.41) is 2.92. The highest BCUT2D eigenvalue weighted by atomic mass is 32.2. The third-order valence-electron chi connectivity index (χ3n) is 4.93. The Labute approximate surface area is 163 Å². The molecule has 2 aliphatic rings. The smallest absolute Gasteiger partial charge is 0.266 e. The molecule has 0 unspecified atom stereocenters. The van der Waals surface area contributed by atoms with Gasteiger partial charge in [-0.25, -0.2) is 0 Å². The first kappa shape index (κ1) is 17.9. The summed E-state index contributed by atoms with van der Waals surface area (Å²) in [6.45, 7) is 2.85. The van der Waals surface area contributed by atoms with Gasteiger partial charge in [0.1, 0.15) is 5.75 Å². The van der Waals surface area contributed by atoms with Crippen molar-refractivity contribution in [2.24, 2.45) is 0 Å². The number of fused-ring (bicyclic) bond motifs is 2. The zero-order chi connectivity index (χ0) is 18.9. The molecule has 0 saturated carbocycles. The Balaban J connectivity index is 1.62. The van der Waals surface area contributed by atoms with Gasteiger partial charge in [-0.05, 0) is 36.8 Å². The minimum atomic E-state index is -1.03. The number of hydrogen-bond acceptors (Lipinski definition) is 4. The molecule has 4 rings (SSSR count). The summed E-state index contributed by atoms with van der Waals surface area (Å²) >= 11 is 1.37. The van der Waals surface area contributed by atoms with E-state index in [9.17, 15) is 9.59 Å². The van der Waals surface area contributed by atoms with Crippen LogP contribution >= 0.6 is 11.8 Å². The zero-order valence-corrected chi connectivity index (χ0v) is 16.1. The van der Waals surface area contributed by atoms with E-state index in [-0.39, 0.29) is 17.6 Å². The van der Waals surface area contributed by atoms with Gasteiger partial charge in [0.25, 0.3) is 5.91 Å². The van der Waals surface area contributed by atoms with Crippen molar-refractivity contribution in [1.82, 2.24) is 0 Å². The maximum absolute atomic E-state index is 12.9. The Kier molecular flexibility index (Phi) is 4.83. The normalized spacial score (nSPS) is 20.9. The molecule has 0 aliphatic carbocycles. The van der Waals surface area contributed by atoms with E-state index in [4.69, 9.17) is 4.74 Å². The number of unbranched alkanes of at least 4 members (excludes halogenated alkanes) is 2. The Morgan fingerprint density at radius 2 is 1.89 bits per heavy atom. The molecule has 0 aromatic heterocycles. The second-order valence-corrected chi connectivity index (χ2v) is 7.88. The van der Waals surface area contributed by atoms with Crippen LogP contribution in [0.25, 0.3) is 0 Å². The van der Waals surface area contributed by atoms with Crippen LogP contribution < -0.4 is 15.0 Å². The molecule has 1 atom stereocenters. The fourth-order valence-corrected chi connectivity index (χ4v) is 4.93. The van der Waals surface area contributed by atoms with Gasteiger partial charge in [-0.2, -0.15) is 0 Å². The molecule has 0 radical (unpaired) electrons. The van der Waals surface area contributed by atoms with E-state index in [1.807, 2.05) is 48.5 Å². The van der Waals surface area contributed by atoms with Gasteiger partial charge >= 0.3 is 0 Å². The minimum Gasteiger partial charge on any atom is -0.494 e. The number of ether oxygens (including phenoxy) is 1. The largest absolute Gasteiger partial charge is 0.494 e. The highest BCUT2D eigenvalue weighted by Crippen LogP contribution is 2.53. The molecule has 1 saturated heterocycles. The highest BCUT2D eigenvalue weighted by Gasteiger charge is 2.58. The number of amides is 2. The minimum absolute atomic E-state index is 0.0662. The van der Waals surface area contributed by atoms with Crippen LogP contribution in [0, 0.1) is 0 Å². The predicted octanol–water partition coefficient (Wildman–Crippen LogP) is 4.14. The van der Waals surface area contributed by atoms with Crippen LogP contribution in [0.1, 0.15) is 31.7 Å². The van der Waals surface area contributed by atoms with Crippen LogP contribution in [-0.4, -0.2) is 24.2 Å². The summed E-state index contributed by atoms with van der Waals surface area (Å²) < 4.78 is 5.76.